The lowest BCUT2D eigenvalue weighted by atomic mass is 10.1. The SMILES string of the molecule is COCCN(CC(=O)c1cc(F)ccc1OC)C(C)C. The summed E-state index contributed by atoms with van der Waals surface area (Å²) in [6, 6.07) is 4.17. The molecule has 4 nitrogen and oxygen atoms in total. The third-order valence-electron chi connectivity index (χ3n) is 3.12. The molecule has 0 aromatic heterocycles. The highest BCUT2D eigenvalue weighted by Gasteiger charge is 2.18. The van der Waals surface area contributed by atoms with Gasteiger partial charge in [-0.1, -0.05) is 0 Å². The molecule has 0 heterocycles. The number of carbonyl (C=O) groups excluding carboxylic acids is 1. The summed E-state index contributed by atoms with van der Waals surface area (Å²) in [5.74, 6) is -0.208. The zero-order chi connectivity index (χ0) is 15.1. The highest BCUT2D eigenvalue weighted by Crippen LogP contribution is 2.20. The van der Waals surface area contributed by atoms with Gasteiger partial charge in [0.15, 0.2) is 5.78 Å². The Balaban J connectivity index is 2.85. The van der Waals surface area contributed by atoms with Crippen molar-refractivity contribution < 1.29 is 18.7 Å². The lowest BCUT2D eigenvalue weighted by Crippen LogP contribution is -2.38. The topological polar surface area (TPSA) is 38.8 Å². The van der Waals surface area contributed by atoms with Crippen LogP contribution < -0.4 is 4.74 Å². The number of ketones is 1. The molecule has 0 amide bonds. The van der Waals surface area contributed by atoms with Gasteiger partial charge in [0.1, 0.15) is 11.6 Å². The molecule has 0 bridgehead atoms. The Morgan fingerprint density at radius 3 is 2.60 bits per heavy atom. The van der Waals surface area contributed by atoms with E-state index in [1.165, 1.54) is 25.3 Å². The van der Waals surface area contributed by atoms with Crippen LogP contribution in [0.25, 0.3) is 0 Å². The first kappa shape index (κ1) is 16.6. The molecule has 0 unspecified atom stereocenters. The van der Waals surface area contributed by atoms with Crippen LogP contribution in [0.2, 0.25) is 0 Å². The molecule has 0 saturated heterocycles. The number of Topliss-reactive ketones (excluding diaryl/α,β-unsaturated/α-hetero) is 1. The third kappa shape index (κ3) is 4.58. The smallest absolute Gasteiger partial charge is 0.180 e. The summed E-state index contributed by atoms with van der Waals surface area (Å²) in [4.78, 5) is 14.3. The van der Waals surface area contributed by atoms with Crippen molar-refractivity contribution in [2.24, 2.45) is 0 Å². The molecule has 0 aliphatic heterocycles. The Labute approximate surface area is 119 Å². The number of rotatable bonds is 8. The Morgan fingerprint density at radius 2 is 2.05 bits per heavy atom. The largest absolute Gasteiger partial charge is 0.496 e. The van der Waals surface area contributed by atoms with Crippen molar-refractivity contribution in [3.8, 4) is 5.75 Å². The van der Waals surface area contributed by atoms with Gasteiger partial charge in [0.2, 0.25) is 0 Å². The molecule has 1 aromatic rings. The number of halogens is 1. The molecule has 0 spiro atoms. The Bertz CT molecular complexity index is 449. The molecule has 112 valence electrons. The molecule has 0 N–H and O–H groups in total. The van der Waals surface area contributed by atoms with Crippen LogP contribution in [0.15, 0.2) is 18.2 Å². The van der Waals surface area contributed by atoms with E-state index in [1.54, 1.807) is 7.11 Å². The van der Waals surface area contributed by atoms with Crippen LogP contribution in [0.5, 0.6) is 5.75 Å². The van der Waals surface area contributed by atoms with Crippen LogP contribution in [-0.2, 0) is 4.74 Å². The van der Waals surface area contributed by atoms with E-state index in [2.05, 4.69) is 0 Å². The van der Waals surface area contributed by atoms with E-state index in [0.717, 1.165) is 0 Å². The Kier molecular flexibility index (Phi) is 6.61. The molecule has 20 heavy (non-hydrogen) atoms. The molecule has 0 aliphatic carbocycles. The number of ether oxygens (including phenoxy) is 2. The maximum atomic E-state index is 13.3. The van der Waals surface area contributed by atoms with E-state index < -0.39 is 5.82 Å². The fraction of sp³-hybridized carbons (Fsp3) is 0.533. The number of hydrogen-bond acceptors (Lipinski definition) is 4. The summed E-state index contributed by atoms with van der Waals surface area (Å²) in [6.45, 7) is 5.42. The lowest BCUT2D eigenvalue weighted by Gasteiger charge is -2.25. The van der Waals surface area contributed by atoms with Crippen molar-refractivity contribution in [2.45, 2.75) is 19.9 Å². The summed E-state index contributed by atoms with van der Waals surface area (Å²) < 4.78 is 23.5. The first-order valence-corrected chi connectivity index (χ1v) is 6.59. The monoisotopic (exact) mass is 283 g/mol. The first-order chi connectivity index (χ1) is 9.49. The van der Waals surface area contributed by atoms with Gasteiger partial charge in [-0.3, -0.25) is 9.69 Å². The van der Waals surface area contributed by atoms with Gasteiger partial charge in [-0.05, 0) is 32.0 Å². The number of carbonyl (C=O) groups is 1. The van der Waals surface area contributed by atoms with Crippen LogP contribution in [0, 0.1) is 5.82 Å². The molecule has 0 atom stereocenters. The van der Waals surface area contributed by atoms with E-state index in [0.29, 0.717) is 18.9 Å². The van der Waals surface area contributed by atoms with Crippen LogP contribution in [0.1, 0.15) is 24.2 Å². The third-order valence-corrected chi connectivity index (χ3v) is 3.12. The van der Waals surface area contributed by atoms with Gasteiger partial charge in [-0.2, -0.15) is 0 Å². The molecular weight excluding hydrogens is 261 g/mol. The molecule has 0 radical (unpaired) electrons. The zero-order valence-electron chi connectivity index (χ0n) is 12.5. The van der Waals surface area contributed by atoms with Crippen LogP contribution >= 0.6 is 0 Å². The lowest BCUT2D eigenvalue weighted by molar-refractivity contribution is 0.0849. The molecule has 1 aromatic carbocycles. The maximum absolute atomic E-state index is 13.3. The Hall–Kier alpha value is -1.46. The second-order valence-corrected chi connectivity index (χ2v) is 4.82. The van der Waals surface area contributed by atoms with Crippen molar-refractivity contribution in [1.29, 1.82) is 0 Å². The second kappa shape index (κ2) is 7.97. The summed E-state index contributed by atoms with van der Waals surface area (Å²) in [5.41, 5.74) is 0.274. The highest BCUT2D eigenvalue weighted by molar-refractivity contribution is 6.00. The number of benzene rings is 1. The summed E-state index contributed by atoms with van der Waals surface area (Å²) in [7, 11) is 3.09. The second-order valence-electron chi connectivity index (χ2n) is 4.82. The van der Waals surface area contributed by atoms with E-state index in [1.807, 2.05) is 18.7 Å². The van der Waals surface area contributed by atoms with Gasteiger partial charge in [-0.15, -0.1) is 0 Å². The van der Waals surface area contributed by atoms with E-state index in [9.17, 15) is 9.18 Å². The predicted molar refractivity (Wildman–Crippen MR) is 75.9 cm³/mol. The standard InChI is InChI=1S/C15H22FNO3/c1-11(2)17(7-8-19-3)10-14(18)13-9-12(16)5-6-15(13)20-4/h5-6,9,11H,7-8,10H2,1-4H3. The molecule has 5 heteroatoms. The predicted octanol–water partition coefficient (Wildman–Crippen LogP) is 2.37. The first-order valence-electron chi connectivity index (χ1n) is 6.59. The van der Waals surface area contributed by atoms with E-state index in [-0.39, 0.29) is 23.9 Å². The minimum atomic E-state index is -0.442. The number of nitrogens with zero attached hydrogens (tertiary/aromatic N) is 1. The zero-order valence-corrected chi connectivity index (χ0v) is 12.5. The van der Waals surface area contributed by atoms with Crippen molar-refractivity contribution in [1.82, 2.24) is 4.90 Å². The quantitative estimate of drug-likeness (QED) is 0.687. The summed E-state index contributed by atoms with van der Waals surface area (Å²) in [5, 5.41) is 0. The van der Waals surface area contributed by atoms with Crippen LogP contribution in [0.3, 0.4) is 0 Å². The maximum Gasteiger partial charge on any atom is 0.180 e. The van der Waals surface area contributed by atoms with Gasteiger partial charge >= 0.3 is 0 Å². The normalized spacial score (nSPS) is 11.2. The summed E-state index contributed by atoms with van der Waals surface area (Å²) in [6.07, 6.45) is 0. The van der Waals surface area contributed by atoms with Crippen LogP contribution in [-0.4, -0.2) is 50.6 Å². The number of methoxy groups -OCH3 is 2. The Morgan fingerprint density at radius 1 is 1.35 bits per heavy atom. The van der Waals surface area contributed by atoms with Gasteiger partial charge < -0.3 is 9.47 Å². The number of hydrogen-bond donors (Lipinski definition) is 0. The van der Waals surface area contributed by atoms with Gasteiger partial charge in [-0.25, -0.2) is 4.39 Å². The minimum absolute atomic E-state index is 0.161. The minimum Gasteiger partial charge on any atom is -0.496 e. The van der Waals surface area contributed by atoms with Crippen molar-refractivity contribution >= 4 is 5.78 Å². The average Bonchev–Trinajstić information content (AvgIpc) is 2.42. The van der Waals surface area contributed by atoms with E-state index >= 15 is 0 Å². The van der Waals surface area contributed by atoms with Crippen LogP contribution in [0.4, 0.5) is 4.39 Å². The average molecular weight is 283 g/mol. The van der Waals surface area contributed by atoms with E-state index in [4.69, 9.17) is 9.47 Å². The summed E-state index contributed by atoms with van der Waals surface area (Å²) >= 11 is 0. The fourth-order valence-electron chi connectivity index (χ4n) is 1.90. The highest BCUT2D eigenvalue weighted by atomic mass is 19.1. The fourth-order valence-corrected chi connectivity index (χ4v) is 1.90. The van der Waals surface area contributed by atoms with Crippen molar-refractivity contribution in [2.75, 3.05) is 33.9 Å². The molecule has 0 fully saturated rings. The van der Waals surface area contributed by atoms with Gasteiger partial charge in [0.25, 0.3) is 0 Å². The van der Waals surface area contributed by atoms with Gasteiger partial charge in [0, 0.05) is 19.7 Å². The molecule has 0 aliphatic rings. The molecule has 1 rings (SSSR count). The molecular formula is C15H22FNO3. The van der Waals surface area contributed by atoms with Crippen molar-refractivity contribution in [3.05, 3.63) is 29.6 Å². The molecule has 0 saturated carbocycles. The van der Waals surface area contributed by atoms with Crippen molar-refractivity contribution in [3.63, 3.8) is 0 Å². The van der Waals surface area contributed by atoms with Gasteiger partial charge in [0.05, 0.1) is 25.8 Å².